The van der Waals surface area contributed by atoms with E-state index in [4.69, 9.17) is 4.74 Å². The van der Waals surface area contributed by atoms with Crippen LogP contribution in [-0.2, 0) is 11.2 Å². The highest BCUT2D eigenvalue weighted by molar-refractivity contribution is 9.10. The van der Waals surface area contributed by atoms with Crippen LogP contribution in [0.5, 0.6) is 5.75 Å². The Labute approximate surface area is 118 Å². The highest BCUT2D eigenvalue weighted by atomic mass is 79.9. The third-order valence-corrected chi connectivity index (χ3v) is 3.82. The van der Waals surface area contributed by atoms with Gasteiger partial charge in [-0.1, -0.05) is 0 Å². The second-order valence-electron chi connectivity index (χ2n) is 3.70. The van der Waals surface area contributed by atoms with Crippen molar-refractivity contribution >= 4 is 38.9 Å². The van der Waals surface area contributed by atoms with E-state index in [0.717, 1.165) is 15.7 Å². The molecule has 2 rings (SSSR count). The van der Waals surface area contributed by atoms with Crippen molar-refractivity contribution in [2.75, 3.05) is 12.4 Å². The van der Waals surface area contributed by atoms with Gasteiger partial charge in [0.1, 0.15) is 5.75 Å². The number of rotatable bonds is 4. The Hall–Kier alpha value is -1.33. The Morgan fingerprint density at radius 3 is 2.94 bits per heavy atom. The molecule has 5 heteroatoms. The maximum Gasteiger partial charge on any atom is 0.228 e. The van der Waals surface area contributed by atoms with Gasteiger partial charge < -0.3 is 10.1 Å². The van der Waals surface area contributed by atoms with E-state index in [1.165, 1.54) is 0 Å². The molecular formula is C13H12BrNO2S. The van der Waals surface area contributed by atoms with Gasteiger partial charge in [-0.15, -0.1) is 0 Å². The lowest BCUT2D eigenvalue weighted by Gasteiger charge is -2.08. The third kappa shape index (κ3) is 3.34. The van der Waals surface area contributed by atoms with Crippen molar-refractivity contribution in [2.45, 2.75) is 6.42 Å². The highest BCUT2D eigenvalue weighted by Gasteiger charge is 2.08. The van der Waals surface area contributed by atoms with Crippen LogP contribution in [-0.4, -0.2) is 13.0 Å². The molecule has 0 radical (unpaired) electrons. The lowest BCUT2D eigenvalue weighted by atomic mass is 10.2. The summed E-state index contributed by atoms with van der Waals surface area (Å²) in [5, 5.41) is 6.80. The Morgan fingerprint density at radius 2 is 2.28 bits per heavy atom. The Balaban J connectivity index is 2.06. The van der Waals surface area contributed by atoms with Crippen LogP contribution >= 0.6 is 27.3 Å². The Morgan fingerprint density at radius 1 is 1.44 bits per heavy atom. The first-order chi connectivity index (χ1) is 8.69. The normalized spacial score (nSPS) is 10.1. The van der Waals surface area contributed by atoms with Gasteiger partial charge >= 0.3 is 0 Å². The largest absolute Gasteiger partial charge is 0.497 e. The molecule has 0 aliphatic rings. The second kappa shape index (κ2) is 6.02. The van der Waals surface area contributed by atoms with E-state index in [1.54, 1.807) is 24.5 Å². The molecule has 0 saturated carbocycles. The average Bonchev–Trinajstić information content (AvgIpc) is 2.84. The van der Waals surface area contributed by atoms with Gasteiger partial charge in [-0.05, 0) is 50.5 Å². The van der Waals surface area contributed by atoms with Gasteiger partial charge in [0, 0.05) is 10.5 Å². The molecule has 0 aliphatic heterocycles. The van der Waals surface area contributed by atoms with Gasteiger partial charge in [0.05, 0.1) is 19.2 Å². The minimum Gasteiger partial charge on any atom is -0.497 e. The molecule has 1 aromatic carbocycles. The molecule has 18 heavy (non-hydrogen) atoms. The lowest BCUT2D eigenvalue weighted by molar-refractivity contribution is -0.115. The van der Waals surface area contributed by atoms with E-state index in [1.807, 2.05) is 29.0 Å². The summed E-state index contributed by atoms with van der Waals surface area (Å²) >= 11 is 4.99. The van der Waals surface area contributed by atoms with Crippen LogP contribution in [0.15, 0.2) is 39.5 Å². The molecular weight excluding hydrogens is 314 g/mol. The molecule has 0 unspecified atom stereocenters. The standard InChI is InChI=1S/C13H12BrNO2S/c1-17-10-2-3-11(14)12(7-10)15-13(16)6-9-4-5-18-8-9/h2-5,7-8H,6H2,1H3,(H,15,16). The monoisotopic (exact) mass is 325 g/mol. The summed E-state index contributed by atoms with van der Waals surface area (Å²) < 4.78 is 5.96. The Bertz CT molecular complexity index is 540. The van der Waals surface area contributed by atoms with E-state index in [9.17, 15) is 4.79 Å². The summed E-state index contributed by atoms with van der Waals surface area (Å²) in [6, 6.07) is 7.41. The third-order valence-electron chi connectivity index (χ3n) is 2.39. The number of carbonyl (C=O) groups excluding carboxylic acids is 1. The fourth-order valence-electron chi connectivity index (χ4n) is 1.50. The molecule has 0 fully saturated rings. The minimum atomic E-state index is -0.0395. The predicted octanol–water partition coefficient (Wildman–Crippen LogP) is 3.70. The van der Waals surface area contributed by atoms with Crippen LogP contribution in [0.4, 0.5) is 5.69 Å². The van der Waals surface area contributed by atoms with Crippen molar-refractivity contribution in [3.63, 3.8) is 0 Å². The summed E-state index contributed by atoms with van der Waals surface area (Å²) in [5.41, 5.74) is 1.74. The van der Waals surface area contributed by atoms with Gasteiger partial charge in [-0.3, -0.25) is 4.79 Å². The number of nitrogens with one attached hydrogen (secondary N) is 1. The molecule has 3 nitrogen and oxygen atoms in total. The highest BCUT2D eigenvalue weighted by Crippen LogP contribution is 2.27. The van der Waals surface area contributed by atoms with Gasteiger partial charge in [0.15, 0.2) is 0 Å². The number of hydrogen-bond acceptors (Lipinski definition) is 3. The topological polar surface area (TPSA) is 38.3 Å². The van der Waals surface area contributed by atoms with Crippen LogP contribution in [0, 0.1) is 0 Å². The maximum atomic E-state index is 11.9. The molecule has 0 aliphatic carbocycles. The number of carbonyl (C=O) groups is 1. The number of thiophene rings is 1. The predicted molar refractivity (Wildman–Crippen MR) is 77.3 cm³/mol. The van der Waals surface area contributed by atoms with Gasteiger partial charge in [0.25, 0.3) is 0 Å². The van der Waals surface area contributed by atoms with E-state index in [2.05, 4.69) is 21.2 Å². The molecule has 0 atom stereocenters. The second-order valence-corrected chi connectivity index (χ2v) is 5.34. The fourth-order valence-corrected chi connectivity index (χ4v) is 2.51. The van der Waals surface area contributed by atoms with Crippen LogP contribution < -0.4 is 10.1 Å². The lowest BCUT2D eigenvalue weighted by Crippen LogP contribution is -2.14. The molecule has 0 spiro atoms. The van der Waals surface area contributed by atoms with E-state index in [0.29, 0.717) is 12.2 Å². The van der Waals surface area contributed by atoms with Gasteiger partial charge in [-0.25, -0.2) is 0 Å². The van der Waals surface area contributed by atoms with Crippen molar-refractivity contribution in [3.8, 4) is 5.75 Å². The minimum absolute atomic E-state index is 0.0395. The molecule has 1 N–H and O–H groups in total. The van der Waals surface area contributed by atoms with Crippen molar-refractivity contribution in [2.24, 2.45) is 0 Å². The molecule has 1 amide bonds. The number of ether oxygens (including phenoxy) is 1. The summed E-state index contributed by atoms with van der Waals surface area (Å²) in [4.78, 5) is 11.9. The van der Waals surface area contributed by atoms with Crippen molar-refractivity contribution in [1.29, 1.82) is 0 Å². The summed E-state index contributed by atoms with van der Waals surface area (Å²) in [6.07, 6.45) is 0.382. The molecule has 0 saturated heterocycles. The van der Waals surface area contributed by atoms with Crippen LogP contribution in [0.1, 0.15) is 5.56 Å². The van der Waals surface area contributed by atoms with E-state index < -0.39 is 0 Å². The smallest absolute Gasteiger partial charge is 0.228 e. The van der Waals surface area contributed by atoms with Crippen LogP contribution in [0.2, 0.25) is 0 Å². The molecule has 2 aromatic rings. The molecule has 94 valence electrons. The van der Waals surface area contributed by atoms with Crippen molar-refractivity contribution in [3.05, 3.63) is 45.1 Å². The number of halogens is 1. The number of anilines is 1. The number of benzene rings is 1. The summed E-state index contributed by atoms with van der Waals surface area (Å²) in [7, 11) is 1.60. The van der Waals surface area contributed by atoms with Crippen molar-refractivity contribution in [1.82, 2.24) is 0 Å². The average molecular weight is 326 g/mol. The SMILES string of the molecule is COc1ccc(Br)c(NC(=O)Cc2ccsc2)c1. The first-order valence-corrected chi connectivity index (χ1v) is 7.07. The zero-order valence-corrected chi connectivity index (χ0v) is 12.2. The quantitative estimate of drug-likeness (QED) is 0.930. The first-order valence-electron chi connectivity index (χ1n) is 5.33. The van der Waals surface area contributed by atoms with Crippen LogP contribution in [0.3, 0.4) is 0 Å². The molecule has 1 aromatic heterocycles. The number of hydrogen-bond donors (Lipinski definition) is 1. The number of methoxy groups -OCH3 is 1. The maximum absolute atomic E-state index is 11.9. The first kappa shape index (κ1) is 13.1. The summed E-state index contributed by atoms with van der Waals surface area (Å²) in [6.45, 7) is 0. The van der Waals surface area contributed by atoms with E-state index >= 15 is 0 Å². The zero-order valence-electron chi connectivity index (χ0n) is 9.77. The zero-order chi connectivity index (χ0) is 13.0. The number of amides is 1. The fraction of sp³-hybridized carbons (Fsp3) is 0.154. The van der Waals surface area contributed by atoms with E-state index in [-0.39, 0.29) is 5.91 Å². The Kier molecular flexibility index (Phi) is 4.38. The van der Waals surface area contributed by atoms with Crippen molar-refractivity contribution < 1.29 is 9.53 Å². The van der Waals surface area contributed by atoms with Crippen LogP contribution in [0.25, 0.3) is 0 Å². The molecule has 0 bridgehead atoms. The summed E-state index contributed by atoms with van der Waals surface area (Å²) in [5.74, 6) is 0.673. The molecule has 1 heterocycles. The van der Waals surface area contributed by atoms with Gasteiger partial charge in [-0.2, -0.15) is 11.3 Å². The van der Waals surface area contributed by atoms with Gasteiger partial charge in [0.2, 0.25) is 5.91 Å².